The molecule has 22 heavy (non-hydrogen) atoms. The molecular weight excluding hydrogens is 303 g/mol. The number of rotatable bonds is 7. The number of hydrogen-bond acceptors (Lipinski definition) is 5. The highest BCUT2D eigenvalue weighted by Gasteiger charge is 2.26. The number of alkyl halides is 3. The van der Waals surface area contributed by atoms with Crippen LogP contribution in [0.15, 0.2) is 17.3 Å². The number of ether oxygens (including phenoxy) is 1. The van der Waals surface area contributed by atoms with Crippen molar-refractivity contribution >= 4 is 17.6 Å². The molecular formula is C11H16F3N7O. The van der Waals surface area contributed by atoms with Crippen molar-refractivity contribution < 1.29 is 17.9 Å². The number of guanidine groups is 1. The third-order valence-corrected chi connectivity index (χ3v) is 2.14. The van der Waals surface area contributed by atoms with Gasteiger partial charge in [0.25, 0.3) is 0 Å². The van der Waals surface area contributed by atoms with Crippen molar-refractivity contribution in [2.24, 2.45) is 16.5 Å². The molecule has 6 N–H and O–H groups in total. The average Bonchev–Trinajstić information content (AvgIpc) is 2.41. The summed E-state index contributed by atoms with van der Waals surface area (Å²) in [4.78, 5) is 10.9. The number of hydrogen-bond donors (Lipinski definition) is 4. The van der Waals surface area contributed by atoms with E-state index in [0.717, 1.165) is 0 Å². The van der Waals surface area contributed by atoms with Crippen LogP contribution < -0.4 is 21.5 Å². The van der Waals surface area contributed by atoms with E-state index >= 15 is 0 Å². The van der Waals surface area contributed by atoms with Crippen molar-refractivity contribution in [1.82, 2.24) is 9.97 Å². The molecule has 1 aromatic rings. The summed E-state index contributed by atoms with van der Waals surface area (Å²) in [6.07, 6.45) is -2.17. The minimum atomic E-state index is -4.43. The van der Waals surface area contributed by atoms with Gasteiger partial charge in [-0.2, -0.15) is 18.2 Å². The van der Waals surface area contributed by atoms with E-state index in [0.29, 0.717) is 12.8 Å². The molecule has 8 nitrogen and oxygen atoms in total. The van der Waals surface area contributed by atoms with Crippen molar-refractivity contribution in [3.8, 4) is 6.01 Å². The zero-order valence-electron chi connectivity index (χ0n) is 11.5. The first kappa shape index (κ1) is 17.5. The van der Waals surface area contributed by atoms with Crippen LogP contribution in [0.25, 0.3) is 0 Å². The number of nitrogens with two attached hydrogens (primary N) is 2. The second-order valence-electron chi connectivity index (χ2n) is 4.14. The number of aromatic nitrogens is 2. The lowest BCUT2D eigenvalue weighted by atomic mass is 10.3. The van der Waals surface area contributed by atoms with Gasteiger partial charge >= 0.3 is 12.2 Å². The Morgan fingerprint density at radius 3 is 2.77 bits per heavy atom. The van der Waals surface area contributed by atoms with Gasteiger partial charge in [0.05, 0.1) is 12.4 Å². The van der Waals surface area contributed by atoms with Gasteiger partial charge in [-0.25, -0.2) is 9.98 Å². The van der Waals surface area contributed by atoms with Gasteiger partial charge in [-0.1, -0.05) is 0 Å². The third-order valence-electron chi connectivity index (χ3n) is 2.14. The average molecular weight is 319 g/mol. The van der Waals surface area contributed by atoms with Gasteiger partial charge in [-0.3, -0.25) is 5.41 Å². The number of halogens is 3. The normalized spacial score (nSPS) is 12.0. The van der Waals surface area contributed by atoms with Crippen molar-refractivity contribution in [2.45, 2.75) is 19.0 Å². The first-order chi connectivity index (χ1) is 10.3. The van der Waals surface area contributed by atoms with Crippen molar-refractivity contribution in [3.05, 3.63) is 12.3 Å². The maximum absolute atomic E-state index is 12.0. The molecule has 0 amide bonds. The van der Waals surface area contributed by atoms with Crippen molar-refractivity contribution in [3.63, 3.8) is 0 Å². The maximum atomic E-state index is 12.0. The Morgan fingerprint density at radius 2 is 2.14 bits per heavy atom. The van der Waals surface area contributed by atoms with Gasteiger partial charge in [0, 0.05) is 12.6 Å². The fourth-order valence-electron chi connectivity index (χ4n) is 1.25. The van der Waals surface area contributed by atoms with E-state index in [1.165, 1.54) is 12.3 Å². The first-order valence-corrected chi connectivity index (χ1v) is 6.19. The fourth-order valence-corrected chi connectivity index (χ4v) is 1.25. The molecule has 0 aliphatic heterocycles. The topological polar surface area (TPSA) is 135 Å². The molecule has 0 aliphatic carbocycles. The quantitative estimate of drug-likeness (QED) is 0.334. The summed E-state index contributed by atoms with van der Waals surface area (Å²) in [6.45, 7) is -1.13. The van der Waals surface area contributed by atoms with Crippen LogP contribution in [0, 0.1) is 5.41 Å². The molecule has 0 aromatic carbocycles. The number of amidine groups is 1. The minimum Gasteiger partial charge on any atom is -0.463 e. The largest absolute Gasteiger partial charge is 0.463 e. The lowest BCUT2D eigenvalue weighted by molar-refractivity contribution is -0.118. The summed E-state index contributed by atoms with van der Waals surface area (Å²) in [7, 11) is 0. The summed E-state index contributed by atoms with van der Waals surface area (Å²) in [5, 5.41) is 9.45. The van der Waals surface area contributed by atoms with Crippen LogP contribution >= 0.6 is 0 Å². The van der Waals surface area contributed by atoms with E-state index in [1.807, 2.05) is 0 Å². The summed E-state index contributed by atoms with van der Waals surface area (Å²) in [6, 6.07) is 1.43. The monoisotopic (exact) mass is 319 g/mol. The number of aliphatic imine (C=N–C) groups is 1. The predicted molar refractivity (Wildman–Crippen MR) is 74.8 cm³/mol. The van der Waals surface area contributed by atoms with Gasteiger partial charge in [-0.05, 0) is 12.5 Å². The molecule has 0 atom stereocenters. The van der Waals surface area contributed by atoms with Crippen LogP contribution in [0.2, 0.25) is 0 Å². The van der Waals surface area contributed by atoms with Crippen LogP contribution in [-0.4, -0.2) is 41.1 Å². The smallest absolute Gasteiger partial charge is 0.408 e. The minimum absolute atomic E-state index is 0.0252. The summed E-state index contributed by atoms with van der Waals surface area (Å²) < 4.78 is 41.2. The summed E-state index contributed by atoms with van der Waals surface area (Å²) >= 11 is 0. The summed E-state index contributed by atoms with van der Waals surface area (Å²) in [5.74, 6) is -0.216. The third kappa shape index (κ3) is 7.87. The van der Waals surface area contributed by atoms with E-state index in [-0.39, 0.29) is 24.3 Å². The molecule has 0 saturated carbocycles. The molecule has 1 rings (SSSR count). The molecule has 0 radical (unpaired) electrons. The second-order valence-corrected chi connectivity index (χ2v) is 4.14. The van der Waals surface area contributed by atoms with E-state index in [2.05, 4.69) is 20.3 Å². The zero-order valence-corrected chi connectivity index (χ0v) is 11.5. The molecule has 0 aliphatic rings. The predicted octanol–water partition coefficient (Wildman–Crippen LogP) is 0.860. The second kappa shape index (κ2) is 8.00. The SMILES string of the molecule is N=C(N)CCCOc1nccc(NC(N)=NCC(F)(F)F)n1. The highest BCUT2D eigenvalue weighted by Crippen LogP contribution is 2.14. The molecule has 1 aromatic heterocycles. The van der Waals surface area contributed by atoms with Gasteiger partial charge in [0.1, 0.15) is 12.4 Å². The molecule has 122 valence electrons. The van der Waals surface area contributed by atoms with E-state index in [1.54, 1.807) is 0 Å². The standard InChI is InChI=1S/C11H16F3N7O/c12-11(13,14)6-19-9(17)20-8-3-4-18-10(21-8)22-5-1-2-7(15)16/h3-4H,1-2,5-6H2,(H3,15,16)(H3,17,18,19,20,21). The van der Waals surface area contributed by atoms with E-state index in [9.17, 15) is 13.2 Å². The van der Waals surface area contributed by atoms with Crippen LogP contribution in [0.5, 0.6) is 6.01 Å². The van der Waals surface area contributed by atoms with Gasteiger partial charge in [0.15, 0.2) is 5.96 Å². The van der Waals surface area contributed by atoms with Crippen LogP contribution in [0.4, 0.5) is 19.0 Å². The van der Waals surface area contributed by atoms with Crippen molar-refractivity contribution in [2.75, 3.05) is 18.5 Å². The zero-order chi connectivity index (χ0) is 16.6. The number of nitrogens with zero attached hydrogens (tertiary/aromatic N) is 3. The van der Waals surface area contributed by atoms with Crippen LogP contribution in [0.3, 0.4) is 0 Å². The molecule has 11 heteroatoms. The van der Waals surface area contributed by atoms with Crippen LogP contribution in [0.1, 0.15) is 12.8 Å². The molecule has 0 saturated heterocycles. The Bertz CT molecular complexity index is 533. The van der Waals surface area contributed by atoms with Gasteiger partial charge in [0.2, 0.25) is 0 Å². The Hall–Kier alpha value is -2.59. The Kier molecular flexibility index (Phi) is 6.35. The lowest BCUT2D eigenvalue weighted by Gasteiger charge is -2.08. The number of nitrogens with one attached hydrogen (secondary N) is 2. The van der Waals surface area contributed by atoms with Crippen LogP contribution in [-0.2, 0) is 0 Å². The highest BCUT2D eigenvalue weighted by molar-refractivity contribution is 5.91. The lowest BCUT2D eigenvalue weighted by Crippen LogP contribution is -2.26. The molecule has 0 fully saturated rings. The summed E-state index contributed by atoms with van der Waals surface area (Å²) in [5.41, 5.74) is 10.5. The van der Waals surface area contributed by atoms with E-state index in [4.69, 9.17) is 21.6 Å². The molecule has 1 heterocycles. The molecule has 0 spiro atoms. The Labute approximate surface area is 124 Å². The first-order valence-electron chi connectivity index (χ1n) is 6.19. The fraction of sp³-hybridized carbons (Fsp3) is 0.455. The highest BCUT2D eigenvalue weighted by atomic mass is 19.4. The van der Waals surface area contributed by atoms with Gasteiger partial charge in [-0.15, -0.1) is 0 Å². The Morgan fingerprint density at radius 1 is 1.41 bits per heavy atom. The van der Waals surface area contributed by atoms with Crippen molar-refractivity contribution in [1.29, 1.82) is 5.41 Å². The Balaban J connectivity index is 2.51. The maximum Gasteiger partial charge on any atom is 0.408 e. The number of anilines is 1. The molecule has 0 bridgehead atoms. The van der Waals surface area contributed by atoms with E-state index < -0.39 is 18.7 Å². The molecule has 0 unspecified atom stereocenters. The van der Waals surface area contributed by atoms with Gasteiger partial charge < -0.3 is 21.5 Å².